The van der Waals surface area contributed by atoms with Gasteiger partial charge in [0.15, 0.2) is 0 Å². The Morgan fingerprint density at radius 1 is 1.16 bits per heavy atom. The molecule has 1 aliphatic rings. The summed E-state index contributed by atoms with van der Waals surface area (Å²) in [6.07, 6.45) is 0. The van der Waals surface area contributed by atoms with Crippen molar-refractivity contribution in [3.63, 3.8) is 0 Å². The molecule has 0 aliphatic carbocycles. The average Bonchev–Trinajstić information content (AvgIpc) is 2.59. The van der Waals surface area contributed by atoms with Gasteiger partial charge in [-0.15, -0.1) is 0 Å². The van der Waals surface area contributed by atoms with E-state index in [0.717, 1.165) is 11.3 Å². The van der Waals surface area contributed by atoms with Crippen molar-refractivity contribution in [1.29, 1.82) is 0 Å². The fraction of sp³-hybridized carbons (Fsp3) is 0.263. The van der Waals surface area contributed by atoms with Gasteiger partial charge in [0.1, 0.15) is 6.04 Å². The molecule has 0 saturated carbocycles. The third-order valence-electron chi connectivity index (χ3n) is 4.34. The monoisotopic (exact) mass is 357 g/mol. The molecule has 0 bridgehead atoms. The number of anilines is 2. The molecule has 1 heterocycles. The highest BCUT2D eigenvalue weighted by Gasteiger charge is 2.35. The van der Waals surface area contributed by atoms with E-state index >= 15 is 0 Å². The minimum absolute atomic E-state index is 0.118. The number of carbonyl (C=O) groups excluding carboxylic acids is 2. The summed E-state index contributed by atoms with van der Waals surface area (Å²) in [4.78, 5) is 28.5. The molecule has 0 spiro atoms. The van der Waals surface area contributed by atoms with Gasteiger partial charge in [-0.2, -0.15) is 0 Å². The van der Waals surface area contributed by atoms with Gasteiger partial charge in [0, 0.05) is 29.5 Å². The normalized spacial score (nSPS) is 17.6. The van der Waals surface area contributed by atoms with E-state index < -0.39 is 6.04 Å². The van der Waals surface area contributed by atoms with Crippen LogP contribution in [0.5, 0.6) is 0 Å². The quantitative estimate of drug-likeness (QED) is 0.885. The molecule has 1 atom stereocenters. The van der Waals surface area contributed by atoms with Crippen LogP contribution in [-0.4, -0.2) is 36.0 Å². The number of nitrogens with zero attached hydrogens (tertiary/aromatic N) is 2. The van der Waals surface area contributed by atoms with E-state index in [0.29, 0.717) is 23.8 Å². The molecule has 0 aromatic heterocycles. The Kier molecular flexibility index (Phi) is 4.95. The molecular formula is C19H20ClN3O2. The number of aryl methyl sites for hydroxylation is 1. The van der Waals surface area contributed by atoms with Gasteiger partial charge in [-0.25, -0.2) is 4.79 Å². The summed E-state index contributed by atoms with van der Waals surface area (Å²) in [6.45, 7) is 4.62. The minimum Gasteiger partial charge on any atom is -0.311 e. The lowest BCUT2D eigenvalue weighted by Gasteiger charge is -2.39. The van der Waals surface area contributed by atoms with Crippen molar-refractivity contribution < 1.29 is 9.59 Å². The molecule has 2 aromatic carbocycles. The first kappa shape index (κ1) is 17.3. The average molecular weight is 358 g/mol. The summed E-state index contributed by atoms with van der Waals surface area (Å²) in [6, 6.07) is 13.9. The molecule has 3 amide bonds. The van der Waals surface area contributed by atoms with E-state index in [1.165, 1.54) is 0 Å². The Labute approximate surface area is 152 Å². The van der Waals surface area contributed by atoms with Crippen LogP contribution in [0.2, 0.25) is 5.02 Å². The topological polar surface area (TPSA) is 52.7 Å². The Bertz CT molecular complexity index is 792. The van der Waals surface area contributed by atoms with Gasteiger partial charge >= 0.3 is 6.03 Å². The first-order valence-corrected chi connectivity index (χ1v) is 8.55. The van der Waals surface area contributed by atoms with Crippen LogP contribution in [0.15, 0.2) is 48.5 Å². The fourth-order valence-corrected chi connectivity index (χ4v) is 3.06. The van der Waals surface area contributed by atoms with Crippen LogP contribution in [0, 0.1) is 6.92 Å². The predicted molar refractivity (Wildman–Crippen MR) is 100 cm³/mol. The highest BCUT2D eigenvalue weighted by molar-refractivity contribution is 6.31. The predicted octanol–water partition coefficient (Wildman–Crippen LogP) is 3.92. The van der Waals surface area contributed by atoms with Crippen molar-refractivity contribution in [3.05, 3.63) is 59.1 Å². The number of rotatable bonds is 2. The largest absolute Gasteiger partial charge is 0.322 e. The maximum absolute atomic E-state index is 12.7. The number of halogens is 1. The highest BCUT2D eigenvalue weighted by Crippen LogP contribution is 2.24. The molecule has 5 nitrogen and oxygen atoms in total. The number of amides is 3. The lowest BCUT2D eigenvalue weighted by molar-refractivity contribution is -0.123. The first-order chi connectivity index (χ1) is 12.0. The summed E-state index contributed by atoms with van der Waals surface area (Å²) >= 11 is 6.02. The van der Waals surface area contributed by atoms with Crippen LogP contribution in [-0.2, 0) is 4.79 Å². The minimum atomic E-state index is -0.543. The second kappa shape index (κ2) is 7.15. The Morgan fingerprint density at radius 3 is 2.56 bits per heavy atom. The lowest BCUT2D eigenvalue weighted by Crippen LogP contribution is -2.58. The Hall–Kier alpha value is -2.53. The van der Waals surface area contributed by atoms with Crippen molar-refractivity contribution in [2.24, 2.45) is 0 Å². The zero-order chi connectivity index (χ0) is 18.0. The smallest absolute Gasteiger partial charge is 0.311 e. The number of hydrogen-bond acceptors (Lipinski definition) is 2. The zero-order valence-corrected chi connectivity index (χ0v) is 15.0. The van der Waals surface area contributed by atoms with Crippen molar-refractivity contribution in [2.45, 2.75) is 19.9 Å². The number of carbonyl (C=O) groups is 2. The number of urea groups is 1. The van der Waals surface area contributed by atoms with E-state index in [2.05, 4.69) is 5.32 Å². The maximum Gasteiger partial charge on any atom is 0.322 e. The first-order valence-electron chi connectivity index (χ1n) is 8.17. The molecule has 3 rings (SSSR count). The van der Waals surface area contributed by atoms with Gasteiger partial charge in [-0.05, 0) is 44.2 Å². The summed E-state index contributed by atoms with van der Waals surface area (Å²) in [7, 11) is 0. The molecule has 1 saturated heterocycles. The van der Waals surface area contributed by atoms with Crippen LogP contribution in [0.1, 0.15) is 12.5 Å². The molecular weight excluding hydrogens is 338 g/mol. The van der Waals surface area contributed by atoms with Crippen molar-refractivity contribution >= 4 is 34.9 Å². The van der Waals surface area contributed by atoms with Crippen molar-refractivity contribution in [3.8, 4) is 0 Å². The lowest BCUT2D eigenvalue weighted by atomic mass is 10.1. The fourth-order valence-electron chi connectivity index (χ4n) is 2.88. The van der Waals surface area contributed by atoms with Crippen LogP contribution >= 0.6 is 11.6 Å². The van der Waals surface area contributed by atoms with Crippen LogP contribution < -0.4 is 10.2 Å². The molecule has 25 heavy (non-hydrogen) atoms. The molecule has 1 fully saturated rings. The van der Waals surface area contributed by atoms with Crippen LogP contribution in [0.25, 0.3) is 0 Å². The van der Waals surface area contributed by atoms with E-state index in [1.54, 1.807) is 28.9 Å². The third kappa shape index (κ3) is 3.77. The Balaban J connectivity index is 1.70. The molecule has 1 N–H and O–H groups in total. The van der Waals surface area contributed by atoms with Gasteiger partial charge in [0.2, 0.25) is 5.91 Å². The summed E-state index contributed by atoms with van der Waals surface area (Å²) in [5.74, 6) is -0.118. The molecule has 130 valence electrons. The summed E-state index contributed by atoms with van der Waals surface area (Å²) < 4.78 is 0. The maximum atomic E-state index is 12.7. The molecule has 1 aliphatic heterocycles. The van der Waals surface area contributed by atoms with Gasteiger partial charge in [-0.3, -0.25) is 4.79 Å². The van der Waals surface area contributed by atoms with Gasteiger partial charge in [-0.1, -0.05) is 35.4 Å². The standard InChI is InChI=1S/C19H20ClN3O2/c1-13-6-8-16(9-7-13)21-19(25)22-10-11-23(18(24)14(22)2)17-5-3-4-15(20)12-17/h3-9,12,14H,10-11H2,1-2H3,(H,21,25)/t14-/m0/s1. The summed E-state index contributed by atoms with van der Waals surface area (Å²) in [5.41, 5.74) is 2.59. The molecule has 6 heteroatoms. The second-order valence-corrected chi connectivity index (χ2v) is 6.57. The van der Waals surface area contributed by atoms with E-state index in [4.69, 9.17) is 11.6 Å². The van der Waals surface area contributed by atoms with Gasteiger partial charge in [0.05, 0.1) is 0 Å². The zero-order valence-electron chi connectivity index (χ0n) is 14.2. The van der Waals surface area contributed by atoms with Crippen LogP contribution in [0.4, 0.5) is 16.2 Å². The SMILES string of the molecule is Cc1ccc(NC(=O)N2CCN(c3cccc(Cl)c3)C(=O)[C@@H]2C)cc1. The Morgan fingerprint density at radius 2 is 1.88 bits per heavy atom. The number of nitrogens with one attached hydrogen (secondary N) is 1. The summed E-state index contributed by atoms with van der Waals surface area (Å²) in [5, 5.41) is 3.43. The number of hydrogen-bond donors (Lipinski definition) is 1. The van der Waals surface area contributed by atoms with E-state index in [9.17, 15) is 9.59 Å². The molecule has 2 aromatic rings. The van der Waals surface area contributed by atoms with Gasteiger partial charge in [0.25, 0.3) is 0 Å². The second-order valence-electron chi connectivity index (χ2n) is 6.14. The number of piperazine rings is 1. The highest BCUT2D eigenvalue weighted by atomic mass is 35.5. The van der Waals surface area contributed by atoms with E-state index in [1.807, 2.05) is 43.3 Å². The van der Waals surface area contributed by atoms with Crippen LogP contribution in [0.3, 0.4) is 0 Å². The van der Waals surface area contributed by atoms with Crippen molar-refractivity contribution in [2.75, 3.05) is 23.3 Å². The number of benzene rings is 2. The van der Waals surface area contributed by atoms with E-state index in [-0.39, 0.29) is 11.9 Å². The van der Waals surface area contributed by atoms with Crippen molar-refractivity contribution in [1.82, 2.24) is 4.90 Å². The van der Waals surface area contributed by atoms with Gasteiger partial charge < -0.3 is 15.1 Å². The molecule has 0 radical (unpaired) electrons. The molecule has 0 unspecified atom stereocenters. The third-order valence-corrected chi connectivity index (χ3v) is 4.57.